The standard InChI is InChI=1S/C47H80O12S/c1-3-5-7-9-11-13-15-17-19-20-22-23-25-27-29-31-33-35-42(48)56-37-40(38-57-47-46(52)45(51)44(50)41(59-47)39-60(53,54)55)58-43(49)36-34-32-30-28-26-24-21-18-16-14-12-10-8-6-4-2/h17-19,21-23,26-29,40-41,44-47,50-52H,3-16,20,24-25,30-39H2,1-2H3,(H,53,54,55)/b19-17+,21-18+,23-22+,28-26+,29-27+/t40-,41-,44-,45?,46?,47+/m1/s1. The molecular formula is C47H80O12S. The van der Waals surface area contributed by atoms with Crippen molar-refractivity contribution in [2.75, 3.05) is 19.0 Å². The Morgan fingerprint density at radius 3 is 1.53 bits per heavy atom. The highest BCUT2D eigenvalue weighted by atomic mass is 32.2. The first-order valence-corrected chi connectivity index (χ1v) is 24.5. The van der Waals surface area contributed by atoms with Gasteiger partial charge in [0.05, 0.1) is 6.61 Å². The number of esters is 2. The number of ether oxygens (including phenoxy) is 4. The molecule has 1 heterocycles. The van der Waals surface area contributed by atoms with Gasteiger partial charge in [0.2, 0.25) is 0 Å². The van der Waals surface area contributed by atoms with Crippen LogP contribution in [0.4, 0.5) is 0 Å². The van der Waals surface area contributed by atoms with Gasteiger partial charge in [-0.3, -0.25) is 14.1 Å². The van der Waals surface area contributed by atoms with Gasteiger partial charge in [-0.25, -0.2) is 0 Å². The number of hydrogen-bond donors (Lipinski definition) is 4. The van der Waals surface area contributed by atoms with Crippen molar-refractivity contribution in [1.82, 2.24) is 0 Å². The monoisotopic (exact) mass is 869 g/mol. The molecule has 0 aromatic rings. The van der Waals surface area contributed by atoms with E-state index in [0.717, 1.165) is 44.9 Å². The molecule has 13 heteroatoms. The number of hydrogen-bond acceptors (Lipinski definition) is 11. The lowest BCUT2D eigenvalue weighted by Gasteiger charge is -2.40. The highest BCUT2D eigenvalue weighted by Crippen LogP contribution is 2.24. The first kappa shape index (κ1) is 55.4. The Labute approximate surface area is 362 Å². The Morgan fingerprint density at radius 1 is 0.567 bits per heavy atom. The average molecular weight is 869 g/mol. The van der Waals surface area contributed by atoms with Crippen LogP contribution in [-0.4, -0.2) is 96.0 Å². The molecule has 2 unspecified atom stereocenters. The first-order valence-electron chi connectivity index (χ1n) is 22.8. The molecule has 4 N–H and O–H groups in total. The summed E-state index contributed by atoms with van der Waals surface area (Å²) in [6.45, 7) is 3.66. The fraction of sp³-hybridized carbons (Fsp3) is 0.745. The molecule has 1 aliphatic heterocycles. The van der Waals surface area contributed by atoms with E-state index in [1.807, 2.05) is 6.08 Å². The van der Waals surface area contributed by atoms with Crippen molar-refractivity contribution >= 4 is 22.1 Å². The zero-order chi connectivity index (χ0) is 44.1. The van der Waals surface area contributed by atoms with Crippen LogP contribution < -0.4 is 0 Å². The van der Waals surface area contributed by atoms with Crippen LogP contribution in [0.25, 0.3) is 0 Å². The minimum Gasteiger partial charge on any atom is -0.462 e. The first-order chi connectivity index (χ1) is 29.0. The van der Waals surface area contributed by atoms with Gasteiger partial charge in [-0.15, -0.1) is 0 Å². The molecule has 0 radical (unpaired) electrons. The molecule has 0 spiro atoms. The van der Waals surface area contributed by atoms with Gasteiger partial charge in [0.1, 0.15) is 36.8 Å². The van der Waals surface area contributed by atoms with Crippen LogP contribution >= 0.6 is 0 Å². The zero-order valence-electron chi connectivity index (χ0n) is 36.8. The smallest absolute Gasteiger partial charge is 0.306 e. The zero-order valence-corrected chi connectivity index (χ0v) is 37.6. The van der Waals surface area contributed by atoms with Gasteiger partial charge in [-0.05, 0) is 77.0 Å². The normalized spacial score (nSPS) is 20.7. The van der Waals surface area contributed by atoms with Crippen molar-refractivity contribution in [2.24, 2.45) is 0 Å². The predicted molar refractivity (Wildman–Crippen MR) is 238 cm³/mol. The number of aliphatic hydroxyl groups is 3. The Balaban J connectivity index is 2.51. The van der Waals surface area contributed by atoms with Crippen LogP contribution in [-0.2, 0) is 38.7 Å². The van der Waals surface area contributed by atoms with E-state index in [1.165, 1.54) is 77.0 Å². The van der Waals surface area contributed by atoms with Crippen molar-refractivity contribution in [3.05, 3.63) is 60.8 Å². The molecular weight excluding hydrogens is 789 g/mol. The lowest BCUT2D eigenvalue weighted by molar-refractivity contribution is -0.297. The lowest BCUT2D eigenvalue weighted by Crippen LogP contribution is -2.60. The van der Waals surface area contributed by atoms with Crippen molar-refractivity contribution in [3.8, 4) is 0 Å². The molecule has 1 saturated heterocycles. The summed E-state index contributed by atoms with van der Waals surface area (Å²) in [5.74, 6) is -2.10. The molecule has 0 amide bonds. The molecule has 60 heavy (non-hydrogen) atoms. The molecule has 12 nitrogen and oxygen atoms in total. The van der Waals surface area contributed by atoms with E-state index in [-0.39, 0.29) is 19.4 Å². The minimum absolute atomic E-state index is 0.109. The minimum atomic E-state index is -4.61. The fourth-order valence-electron chi connectivity index (χ4n) is 6.49. The third kappa shape index (κ3) is 31.2. The van der Waals surface area contributed by atoms with Crippen molar-refractivity contribution in [3.63, 3.8) is 0 Å². The van der Waals surface area contributed by atoms with Gasteiger partial charge in [-0.1, -0.05) is 139 Å². The summed E-state index contributed by atoms with van der Waals surface area (Å²) in [7, 11) is -4.61. The van der Waals surface area contributed by atoms with Crippen LogP contribution in [0.15, 0.2) is 60.8 Å². The largest absolute Gasteiger partial charge is 0.462 e. The van der Waals surface area contributed by atoms with Gasteiger partial charge in [-0.2, -0.15) is 8.42 Å². The van der Waals surface area contributed by atoms with Crippen molar-refractivity contribution in [1.29, 1.82) is 0 Å². The summed E-state index contributed by atoms with van der Waals surface area (Å²) in [4.78, 5) is 25.4. The highest BCUT2D eigenvalue weighted by molar-refractivity contribution is 7.85. The van der Waals surface area contributed by atoms with Gasteiger partial charge in [0.25, 0.3) is 10.1 Å². The molecule has 6 atom stereocenters. The number of carbonyl (C=O) groups is 2. The van der Waals surface area contributed by atoms with Gasteiger partial charge in [0.15, 0.2) is 12.4 Å². The van der Waals surface area contributed by atoms with Crippen molar-refractivity contribution < 1.29 is 56.8 Å². The Morgan fingerprint density at radius 2 is 1.02 bits per heavy atom. The lowest BCUT2D eigenvalue weighted by atomic mass is 10.00. The third-order valence-corrected chi connectivity index (χ3v) is 10.8. The van der Waals surface area contributed by atoms with E-state index in [9.17, 15) is 37.9 Å². The maximum Gasteiger partial charge on any atom is 0.306 e. The number of aliphatic hydroxyl groups excluding tert-OH is 3. The van der Waals surface area contributed by atoms with Crippen LogP contribution in [0.1, 0.15) is 168 Å². The number of rotatable bonds is 37. The van der Waals surface area contributed by atoms with E-state index in [2.05, 4.69) is 68.5 Å². The van der Waals surface area contributed by atoms with E-state index >= 15 is 0 Å². The fourth-order valence-corrected chi connectivity index (χ4v) is 7.18. The topological polar surface area (TPSA) is 186 Å². The van der Waals surface area contributed by atoms with Crippen LogP contribution in [0.3, 0.4) is 0 Å². The summed E-state index contributed by atoms with van der Waals surface area (Å²) in [6, 6.07) is 0. The summed E-state index contributed by atoms with van der Waals surface area (Å²) in [5, 5.41) is 30.9. The van der Waals surface area contributed by atoms with Crippen LogP contribution in [0.5, 0.6) is 0 Å². The molecule has 346 valence electrons. The molecule has 1 aliphatic rings. The maximum atomic E-state index is 12.8. The molecule has 0 aromatic heterocycles. The summed E-state index contributed by atoms with van der Waals surface area (Å²) < 4.78 is 54.0. The molecule has 1 rings (SSSR count). The molecule has 1 fully saturated rings. The average Bonchev–Trinajstić information content (AvgIpc) is 3.21. The number of unbranched alkanes of at least 4 members (excludes halogenated alkanes) is 15. The van der Waals surface area contributed by atoms with Gasteiger partial charge in [0, 0.05) is 12.8 Å². The maximum absolute atomic E-state index is 12.8. The van der Waals surface area contributed by atoms with Crippen molar-refractivity contribution in [2.45, 2.75) is 205 Å². The summed E-state index contributed by atoms with van der Waals surface area (Å²) >= 11 is 0. The molecule has 0 saturated carbocycles. The number of carbonyl (C=O) groups excluding carboxylic acids is 2. The van der Waals surface area contributed by atoms with Gasteiger partial charge < -0.3 is 34.3 Å². The summed E-state index contributed by atoms with van der Waals surface area (Å²) in [6.07, 6.45) is 35.6. The Hall–Kier alpha value is -2.65. The molecule has 0 aromatic carbocycles. The molecule has 0 aliphatic carbocycles. The van der Waals surface area contributed by atoms with E-state index in [0.29, 0.717) is 19.3 Å². The highest BCUT2D eigenvalue weighted by Gasteiger charge is 2.46. The second-order valence-corrected chi connectivity index (χ2v) is 17.2. The SMILES string of the molecule is CCCCCCCC/C=C/C/C=C/C/C=C/CCCC(=O)OC[C@H](CO[C@H]1O[C@H](CS(=O)(=O)O)[C@@H](O)C(O)C1O)OC(=O)CCCC/C=C/C/C=C/CCCCCCCC. The number of allylic oxidation sites excluding steroid dienone is 10. The van der Waals surface area contributed by atoms with E-state index in [1.54, 1.807) is 0 Å². The summed E-state index contributed by atoms with van der Waals surface area (Å²) in [5.41, 5.74) is 0. The van der Waals surface area contributed by atoms with Crippen LogP contribution in [0, 0.1) is 0 Å². The Bertz CT molecular complexity index is 1340. The van der Waals surface area contributed by atoms with E-state index < -0.39 is 71.2 Å². The second kappa shape index (κ2) is 37.0. The molecule has 0 bridgehead atoms. The second-order valence-electron chi connectivity index (χ2n) is 15.7. The quantitative estimate of drug-likeness (QED) is 0.0201. The third-order valence-electron chi connectivity index (χ3n) is 10.1. The Kier molecular flexibility index (Phi) is 34.1. The van der Waals surface area contributed by atoms with Crippen LogP contribution in [0.2, 0.25) is 0 Å². The van der Waals surface area contributed by atoms with E-state index in [4.69, 9.17) is 18.9 Å². The van der Waals surface area contributed by atoms with Gasteiger partial charge >= 0.3 is 11.9 Å². The predicted octanol–water partition coefficient (Wildman–Crippen LogP) is 9.34.